The molecule has 2 aromatic rings. The first kappa shape index (κ1) is 15.7. The number of H-pyrrole nitrogens is 1. The van der Waals surface area contributed by atoms with E-state index in [0.29, 0.717) is 17.2 Å². The van der Waals surface area contributed by atoms with E-state index in [1.807, 2.05) is 0 Å². The zero-order chi connectivity index (χ0) is 16.2. The molecule has 1 unspecified atom stereocenters. The number of rotatable bonds is 5. The molecule has 2 N–H and O–H groups in total. The second-order valence-electron chi connectivity index (χ2n) is 5.22. The molecule has 0 saturated carbocycles. The van der Waals surface area contributed by atoms with Gasteiger partial charge in [0.2, 0.25) is 0 Å². The van der Waals surface area contributed by atoms with Gasteiger partial charge < -0.3 is 14.8 Å². The van der Waals surface area contributed by atoms with E-state index >= 15 is 0 Å². The van der Waals surface area contributed by atoms with Crippen molar-refractivity contribution in [3.8, 4) is 0 Å². The predicted octanol–water partition coefficient (Wildman–Crippen LogP) is 1.69. The Morgan fingerprint density at radius 1 is 1.57 bits per heavy atom. The molecule has 23 heavy (non-hydrogen) atoms. The van der Waals surface area contributed by atoms with E-state index in [-0.39, 0.29) is 18.4 Å². The first-order valence-corrected chi connectivity index (χ1v) is 8.13. The summed E-state index contributed by atoms with van der Waals surface area (Å²) >= 11 is 1.29. The first-order chi connectivity index (χ1) is 11.2. The minimum atomic E-state index is -0.396. The average molecular weight is 335 g/mol. The molecule has 0 spiro atoms. The standard InChI is InChI=1S/C15H17N3O4S/c1-21-15(20)13-9(3-5-23-13)7-16-14(19)12-6-11(17-18-12)10-2-4-22-8-10/h3,5-6,10H,2,4,7-8H2,1H3,(H,16,19)(H,17,18). The van der Waals surface area contributed by atoms with Crippen LogP contribution in [-0.2, 0) is 16.0 Å². The lowest BCUT2D eigenvalue weighted by Crippen LogP contribution is -2.23. The van der Waals surface area contributed by atoms with E-state index in [1.54, 1.807) is 17.5 Å². The van der Waals surface area contributed by atoms with Gasteiger partial charge in [-0.25, -0.2) is 4.79 Å². The summed E-state index contributed by atoms with van der Waals surface area (Å²) in [6.45, 7) is 1.64. The topological polar surface area (TPSA) is 93.3 Å². The van der Waals surface area contributed by atoms with Crippen LogP contribution in [0.1, 0.15) is 43.8 Å². The predicted molar refractivity (Wildman–Crippen MR) is 83.6 cm³/mol. The molecular formula is C15H17N3O4S. The lowest BCUT2D eigenvalue weighted by Gasteiger charge is -2.04. The third-order valence-corrected chi connectivity index (χ3v) is 4.69. The van der Waals surface area contributed by atoms with Gasteiger partial charge in [-0.1, -0.05) is 0 Å². The molecule has 0 bridgehead atoms. The quantitative estimate of drug-likeness (QED) is 0.811. The van der Waals surface area contributed by atoms with Crippen molar-refractivity contribution in [2.24, 2.45) is 0 Å². The molecule has 1 aliphatic rings. The van der Waals surface area contributed by atoms with Gasteiger partial charge in [0.15, 0.2) is 0 Å². The minimum absolute atomic E-state index is 0.251. The summed E-state index contributed by atoms with van der Waals surface area (Å²) in [5, 5.41) is 11.5. The SMILES string of the molecule is COC(=O)c1sccc1CNC(=O)c1cc(C2CCOC2)[nH]n1. The second-order valence-corrected chi connectivity index (χ2v) is 6.13. The molecule has 2 aromatic heterocycles. The van der Waals surface area contributed by atoms with Crippen LogP contribution in [0.3, 0.4) is 0 Å². The van der Waals surface area contributed by atoms with Crippen molar-refractivity contribution >= 4 is 23.2 Å². The first-order valence-electron chi connectivity index (χ1n) is 7.25. The number of carbonyl (C=O) groups excluding carboxylic acids is 2. The van der Waals surface area contributed by atoms with Gasteiger partial charge in [0.25, 0.3) is 5.91 Å². The number of ether oxygens (including phenoxy) is 2. The fourth-order valence-electron chi connectivity index (χ4n) is 2.45. The summed E-state index contributed by atoms with van der Waals surface area (Å²) in [6.07, 6.45) is 0.931. The molecule has 1 aliphatic heterocycles. The van der Waals surface area contributed by atoms with E-state index in [0.717, 1.165) is 24.3 Å². The Hall–Kier alpha value is -2.19. The second kappa shape index (κ2) is 6.93. The van der Waals surface area contributed by atoms with Crippen molar-refractivity contribution in [3.05, 3.63) is 39.3 Å². The van der Waals surface area contributed by atoms with Crippen molar-refractivity contribution in [3.63, 3.8) is 0 Å². The monoisotopic (exact) mass is 335 g/mol. The van der Waals surface area contributed by atoms with Crippen LogP contribution in [0.15, 0.2) is 17.5 Å². The van der Waals surface area contributed by atoms with Crippen molar-refractivity contribution in [2.45, 2.75) is 18.9 Å². The number of esters is 1. The highest BCUT2D eigenvalue weighted by Gasteiger charge is 2.21. The Kier molecular flexibility index (Phi) is 4.73. The smallest absolute Gasteiger partial charge is 0.348 e. The highest BCUT2D eigenvalue weighted by molar-refractivity contribution is 7.12. The summed E-state index contributed by atoms with van der Waals surface area (Å²) in [4.78, 5) is 24.3. The number of aromatic nitrogens is 2. The normalized spacial score (nSPS) is 17.2. The highest BCUT2D eigenvalue weighted by atomic mass is 32.1. The van der Waals surface area contributed by atoms with Gasteiger partial charge in [0.05, 0.1) is 13.7 Å². The molecule has 3 rings (SSSR count). The third-order valence-electron chi connectivity index (χ3n) is 3.76. The van der Waals surface area contributed by atoms with E-state index in [4.69, 9.17) is 9.47 Å². The number of aromatic amines is 1. The van der Waals surface area contributed by atoms with Gasteiger partial charge in [-0.3, -0.25) is 9.89 Å². The van der Waals surface area contributed by atoms with Gasteiger partial charge >= 0.3 is 5.97 Å². The molecule has 8 heteroatoms. The Morgan fingerprint density at radius 3 is 3.17 bits per heavy atom. The van der Waals surface area contributed by atoms with Crippen molar-refractivity contribution < 1.29 is 19.1 Å². The average Bonchev–Trinajstić information content (AvgIpc) is 3.32. The van der Waals surface area contributed by atoms with Crippen LogP contribution in [-0.4, -0.2) is 42.4 Å². The molecule has 0 aromatic carbocycles. The number of hydrogen-bond donors (Lipinski definition) is 2. The largest absolute Gasteiger partial charge is 0.465 e. The fourth-order valence-corrected chi connectivity index (χ4v) is 3.29. The molecule has 1 atom stereocenters. The zero-order valence-corrected chi connectivity index (χ0v) is 13.4. The Morgan fingerprint density at radius 2 is 2.43 bits per heavy atom. The molecular weight excluding hydrogens is 318 g/mol. The summed E-state index contributed by atoms with van der Waals surface area (Å²) in [5.41, 5.74) is 1.98. The molecule has 0 aliphatic carbocycles. The van der Waals surface area contributed by atoms with Crippen LogP contribution < -0.4 is 5.32 Å². The maximum atomic E-state index is 12.2. The molecule has 3 heterocycles. The Bertz CT molecular complexity index is 703. The summed E-state index contributed by atoms with van der Waals surface area (Å²) < 4.78 is 10.0. The number of nitrogens with zero attached hydrogens (tertiary/aromatic N) is 1. The number of methoxy groups -OCH3 is 1. The van der Waals surface area contributed by atoms with Crippen LogP contribution in [0.2, 0.25) is 0 Å². The maximum absolute atomic E-state index is 12.2. The number of nitrogens with one attached hydrogen (secondary N) is 2. The number of thiophene rings is 1. The Labute approximate surface area is 137 Å². The van der Waals surface area contributed by atoms with E-state index in [2.05, 4.69) is 15.5 Å². The van der Waals surface area contributed by atoms with Gasteiger partial charge in [0.1, 0.15) is 10.6 Å². The fraction of sp³-hybridized carbons (Fsp3) is 0.400. The van der Waals surface area contributed by atoms with Gasteiger partial charge in [0, 0.05) is 24.8 Å². The summed E-state index contributed by atoms with van der Waals surface area (Å²) in [6, 6.07) is 3.55. The van der Waals surface area contributed by atoms with E-state index < -0.39 is 5.97 Å². The molecule has 0 radical (unpaired) electrons. The number of carbonyl (C=O) groups is 2. The summed E-state index contributed by atoms with van der Waals surface area (Å²) in [7, 11) is 1.34. The molecule has 122 valence electrons. The lowest BCUT2D eigenvalue weighted by atomic mass is 10.1. The van der Waals surface area contributed by atoms with Gasteiger partial charge in [-0.15, -0.1) is 11.3 Å². The zero-order valence-electron chi connectivity index (χ0n) is 12.6. The number of amides is 1. The van der Waals surface area contributed by atoms with Crippen LogP contribution >= 0.6 is 11.3 Å². The minimum Gasteiger partial charge on any atom is -0.465 e. The molecule has 1 fully saturated rings. The third kappa shape index (κ3) is 3.43. The Balaban J connectivity index is 1.61. The van der Waals surface area contributed by atoms with Gasteiger partial charge in [-0.05, 0) is 29.5 Å². The van der Waals surface area contributed by atoms with Crippen molar-refractivity contribution in [1.82, 2.24) is 15.5 Å². The number of hydrogen-bond acceptors (Lipinski definition) is 6. The highest BCUT2D eigenvalue weighted by Crippen LogP contribution is 2.23. The lowest BCUT2D eigenvalue weighted by molar-refractivity contribution is 0.0604. The van der Waals surface area contributed by atoms with Crippen LogP contribution in [0.5, 0.6) is 0 Å². The van der Waals surface area contributed by atoms with E-state index in [1.165, 1.54) is 18.4 Å². The van der Waals surface area contributed by atoms with Crippen molar-refractivity contribution in [2.75, 3.05) is 20.3 Å². The van der Waals surface area contributed by atoms with Crippen LogP contribution in [0, 0.1) is 0 Å². The van der Waals surface area contributed by atoms with E-state index in [9.17, 15) is 9.59 Å². The van der Waals surface area contributed by atoms with Gasteiger partial charge in [-0.2, -0.15) is 5.10 Å². The molecule has 1 amide bonds. The molecule has 1 saturated heterocycles. The maximum Gasteiger partial charge on any atom is 0.348 e. The van der Waals surface area contributed by atoms with Crippen LogP contribution in [0.4, 0.5) is 0 Å². The van der Waals surface area contributed by atoms with Crippen molar-refractivity contribution in [1.29, 1.82) is 0 Å². The van der Waals surface area contributed by atoms with Crippen LogP contribution in [0.25, 0.3) is 0 Å². The summed E-state index contributed by atoms with van der Waals surface area (Å²) in [5.74, 6) is -0.409. The molecule has 7 nitrogen and oxygen atoms in total.